The molecule has 1 fully saturated rings. The Kier molecular flexibility index (Phi) is 4.95. The second kappa shape index (κ2) is 6.53. The van der Waals surface area contributed by atoms with E-state index in [-0.39, 0.29) is 18.5 Å². The molecule has 1 saturated heterocycles. The summed E-state index contributed by atoms with van der Waals surface area (Å²) >= 11 is 0. The number of nitrogens with zero attached hydrogens (tertiary/aromatic N) is 2. The van der Waals surface area contributed by atoms with E-state index in [1.807, 2.05) is 6.92 Å². The summed E-state index contributed by atoms with van der Waals surface area (Å²) in [6.07, 6.45) is 5.47. The van der Waals surface area contributed by atoms with E-state index in [9.17, 15) is 13.2 Å². The molecule has 0 aliphatic carbocycles. The Morgan fingerprint density at radius 3 is 2.81 bits per heavy atom. The van der Waals surface area contributed by atoms with Gasteiger partial charge in [0.2, 0.25) is 10.0 Å². The number of carbonyl (C=O) groups is 1. The zero-order valence-corrected chi connectivity index (χ0v) is 13.2. The highest BCUT2D eigenvalue weighted by Gasteiger charge is 2.28. The topological polar surface area (TPSA) is 79.4 Å². The summed E-state index contributed by atoms with van der Waals surface area (Å²) in [6.45, 7) is 2.79. The van der Waals surface area contributed by atoms with E-state index in [4.69, 9.17) is 0 Å². The minimum atomic E-state index is -3.24. The predicted octanol–water partition coefficient (Wildman–Crippen LogP) is 0.934. The average molecular weight is 311 g/mol. The Balaban J connectivity index is 2.10. The number of amides is 1. The second-order valence-corrected chi connectivity index (χ2v) is 7.29. The Morgan fingerprint density at radius 2 is 2.19 bits per heavy atom. The van der Waals surface area contributed by atoms with Crippen molar-refractivity contribution in [3.05, 3.63) is 29.6 Å². The number of carbonyl (C=O) groups excluding carboxylic acids is 1. The number of pyridine rings is 1. The summed E-state index contributed by atoms with van der Waals surface area (Å²) in [5.74, 6) is -0.0810. The van der Waals surface area contributed by atoms with E-state index in [0.717, 1.165) is 31.2 Å². The van der Waals surface area contributed by atoms with Gasteiger partial charge in [-0.15, -0.1) is 0 Å². The van der Waals surface area contributed by atoms with E-state index in [0.29, 0.717) is 12.1 Å². The molecule has 0 aromatic carbocycles. The zero-order chi connectivity index (χ0) is 15.5. The fourth-order valence-electron chi connectivity index (χ4n) is 2.49. The minimum Gasteiger partial charge on any atom is -0.334 e. The Labute approximate surface area is 125 Å². The lowest BCUT2D eigenvalue weighted by atomic mass is 10.0. The van der Waals surface area contributed by atoms with Gasteiger partial charge >= 0.3 is 0 Å². The molecule has 0 radical (unpaired) electrons. The number of likely N-dealkylation sites (tertiary alicyclic amines) is 1. The van der Waals surface area contributed by atoms with Crippen molar-refractivity contribution < 1.29 is 13.2 Å². The lowest BCUT2D eigenvalue weighted by molar-refractivity contribution is 0.0618. The second-order valence-electron chi connectivity index (χ2n) is 5.46. The zero-order valence-electron chi connectivity index (χ0n) is 12.4. The van der Waals surface area contributed by atoms with Crippen LogP contribution in [-0.4, -0.2) is 49.6 Å². The van der Waals surface area contributed by atoms with Gasteiger partial charge in [0.15, 0.2) is 0 Å². The molecule has 1 aromatic rings. The average Bonchev–Trinajstić information content (AvgIpc) is 2.45. The molecule has 116 valence electrons. The van der Waals surface area contributed by atoms with Crippen LogP contribution in [0.25, 0.3) is 0 Å². The van der Waals surface area contributed by atoms with Crippen LogP contribution >= 0.6 is 0 Å². The largest absolute Gasteiger partial charge is 0.334 e. The molecule has 1 atom stereocenters. The van der Waals surface area contributed by atoms with Gasteiger partial charge in [0.25, 0.3) is 5.91 Å². The molecule has 1 aliphatic rings. The van der Waals surface area contributed by atoms with Crippen LogP contribution in [0, 0.1) is 6.92 Å². The molecule has 1 aromatic heterocycles. The molecule has 2 rings (SSSR count). The summed E-state index contributed by atoms with van der Waals surface area (Å²) < 4.78 is 25.0. The fraction of sp³-hybridized carbons (Fsp3) is 0.571. The highest BCUT2D eigenvalue weighted by molar-refractivity contribution is 7.88. The smallest absolute Gasteiger partial charge is 0.255 e. The van der Waals surface area contributed by atoms with Crippen molar-refractivity contribution in [3.8, 4) is 0 Å². The van der Waals surface area contributed by atoms with Gasteiger partial charge in [-0.25, -0.2) is 13.1 Å². The first-order chi connectivity index (χ1) is 9.87. The van der Waals surface area contributed by atoms with Gasteiger partial charge < -0.3 is 4.90 Å². The number of hydrogen-bond acceptors (Lipinski definition) is 4. The Hall–Kier alpha value is -1.47. The third kappa shape index (κ3) is 4.50. The van der Waals surface area contributed by atoms with Gasteiger partial charge in [-0.05, 0) is 38.3 Å². The van der Waals surface area contributed by atoms with Gasteiger partial charge in [0.05, 0.1) is 11.8 Å². The van der Waals surface area contributed by atoms with Crippen LogP contribution in [0.3, 0.4) is 0 Å². The third-order valence-corrected chi connectivity index (χ3v) is 4.32. The van der Waals surface area contributed by atoms with Gasteiger partial charge in [-0.1, -0.05) is 0 Å². The molecule has 7 heteroatoms. The number of sulfonamides is 1. The normalized spacial score (nSPS) is 19.5. The fourth-order valence-corrected chi connectivity index (χ4v) is 2.98. The minimum absolute atomic E-state index is 0.0810. The third-order valence-electron chi connectivity index (χ3n) is 3.63. The SMILES string of the molecule is Cc1ccc(C(=O)N2CCCC[C@@H]2CNS(C)(=O)=O)cn1. The molecule has 1 N–H and O–H groups in total. The summed E-state index contributed by atoms with van der Waals surface area (Å²) in [5.41, 5.74) is 1.41. The van der Waals surface area contributed by atoms with Crippen LogP contribution in [0.15, 0.2) is 18.3 Å². The molecule has 0 bridgehead atoms. The molecule has 2 heterocycles. The van der Waals surface area contributed by atoms with Gasteiger partial charge in [0.1, 0.15) is 0 Å². The lowest BCUT2D eigenvalue weighted by Gasteiger charge is -2.35. The predicted molar refractivity (Wildman–Crippen MR) is 80.5 cm³/mol. The van der Waals surface area contributed by atoms with E-state index < -0.39 is 10.0 Å². The van der Waals surface area contributed by atoms with Crippen LogP contribution in [0.5, 0.6) is 0 Å². The van der Waals surface area contributed by atoms with Crippen molar-refractivity contribution in [2.45, 2.75) is 32.2 Å². The first-order valence-corrected chi connectivity index (χ1v) is 8.94. The lowest BCUT2D eigenvalue weighted by Crippen LogP contribution is -2.49. The number of aromatic nitrogens is 1. The van der Waals surface area contributed by atoms with Crippen LogP contribution in [0.4, 0.5) is 0 Å². The van der Waals surface area contributed by atoms with Crippen LogP contribution in [-0.2, 0) is 10.0 Å². The summed E-state index contributed by atoms with van der Waals surface area (Å²) in [6, 6.07) is 3.48. The van der Waals surface area contributed by atoms with Gasteiger partial charge in [0, 0.05) is 31.0 Å². The molecule has 0 saturated carbocycles. The molecule has 1 aliphatic heterocycles. The quantitative estimate of drug-likeness (QED) is 0.897. The molecule has 6 nitrogen and oxygen atoms in total. The number of rotatable bonds is 4. The molecular weight excluding hydrogens is 290 g/mol. The standard InChI is InChI=1S/C14H21N3O3S/c1-11-6-7-12(9-15-11)14(18)17-8-4-3-5-13(17)10-16-21(2,19)20/h6-7,9,13,16H,3-5,8,10H2,1-2H3/t13-/m1/s1. The molecule has 1 amide bonds. The maximum atomic E-state index is 12.6. The first-order valence-electron chi connectivity index (χ1n) is 7.05. The van der Waals surface area contributed by atoms with Crippen molar-refractivity contribution in [1.82, 2.24) is 14.6 Å². The summed E-state index contributed by atoms with van der Waals surface area (Å²) in [4.78, 5) is 18.5. The Morgan fingerprint density at radius 1 is 1.43 bits per heavy atom. The Bertz CT molecular complexity index is 598. The van der Waals surface area contributed by atoms with Crippen molar-refractivity contribution in [2.75, 3.05) is 19.3 Å². The van der Waals surface area contributed by atoms with Crippen molar-refractivity contribution >= 4 is 15.9 Å². The maximum absolute atomic E-state index is 12.6. The summed E-state index contributed by atoms with van der Waals surface area (Å²) in [5, 5.41) is 0. The number of hydrogen-bond donors (Lipinski definition) is 1. The van der Waals surface area contributed by atoms with Crippen LogP contribution in [0.2, 0.25) is 0 Å². The van der Waals surface area contributed by atoms with Crippen molar-refractivity contribution in [3.63, 3.8) is 0 Å². The first kappa shape index (κ1) is 15.9. The van der Waals surface area contributed by atoms with Gasteiger partial charge in [-0.3, -0.25) is 9.78 Å². The molecule has 0 unspecified atom stereocenters. The number of aryl methyl sites for hydroxylation is 1. The van der Waals surface area contributed by atoms with E-state index >= 15 is 0 Å². The summed E-state index contributed by atoms with van der Waals surface area (Å²) in [7, 11) is -3.24. The number of nitrogens with one attached hydrogen (secondary N) is 1. The molecule has 21 heavy (non-hydrogen) atoms. The van der Waals surface area contributed by atoms with Crippen molar-refractivity contribution in [2.24, 2.45) is 0 Å². The van der Waals surface area contributed by atoms with Crippen LogP contribution in [0.1, 0.15) is 35.3 Å². The number of piperidine rings is 1. The highest BCUT2D eigenvalue weighted by Crippen LogP contribution is 2.19. The van der Waals surface area contributed by atoms with E-state index in [1.54, 1.807) is 23.2 Å². The monoisotopic (exact) mass is 311 g/mol. The molecule has 0 spiro atoms. The maximum Gasteiger partial charge on any atom is 0.255 e. The van der Waals surface area contributed by atoms with Gasteiger partial charge in [-0.2, -0.15) is 0 Å². The van der Waals surface area contributed by atoms with Crippen LogP contribution < -0.4 is 4.72 Å². The van der Waals surface area contributed by atoms with Crippen molar-refractivity contribution in [1.29, 1.82) is 0 Å². The van der Waals surface area contributed by atoms with E-state index in [1.165, 1.54) is 0 Å². The van der Waals surface area contributed by atoms with E-state index in [2.05, 4.69) is 9.71 Å². The highest BCUT2D eigenvalue weighted by atomic mass is 32.2. The molecular formula is C14H21N3O3S.